The molecule has 1 aliphatic rings. The highest BCUT2D eigenvalue weighted by Crippen LogP contribution is 2.33. The van der Waals surface area contributed by atoms with Gasteiger partial charge in [0.2, 0.25) is 22.0 Å². The van der Waals surface area contributed by atoms with Crippen LogP contribution in [0.3, 0.4) is 0 Å². The zero-order valence-electron chi connectivity index (χ0n) is 17.6. The third kappa shape index (κ3) is 4.04. The van der Waals surface area contributed by atoms with Crippen molar-refractivity contribution in [2.45, 2.75) is 11.0 Å². The molecule has 0 N–H and O–H groups in total. The number of anilines is 1. The van der Waals surface area contributed by atoms with Crippen LogP contribution in [-0.4, -0.2) is 58.0 Å². The molecular weight excluding hydrogens is 432 g/mol. The number of esters is 1. The first-order valence-electron chi connectivity index (χ1n) is 9.90. The van der Waals surface area contributed by atoms with E-state index in [0.717, 1.165) is 15.1 Å². The number of benzene rings is 3. The Balaban J connectivity index is 1.58. The van der Waals surface area contributed by atoms with Crippen LogP contribution >= 0.6 is 0 Å². The molecule has 9 heteroatoms. The Labute approximate surface area is 186 Å². The minimum Gasteiger partial charge on any atom is -0.475 e. The monoisotopic (exact) mass is 454 g/mol. The van der Waals surface area contributed by atoms with E-state index >= 15 is 0 Å². The van der Waals surface area contributed by atoms with Crippen molar-refractivity contribution in [3.8, 4) is 5.75 Å². The molecule has 0 saturated heterocycles. The highest BCUT2D eigenvalue weighted by molar-refractivity contribution is 7.89. The first-order chi connectivity index (χ1) is 15.3. The number of likely N-dealkylation sites (N-methyl/N-ethyl adjacent to an activating group) is 1. The molecule has 0 radical (unpaired) electrons. The summed E-state index contributed by atoms with van der Waals surface area (Å²) in [7, 11) is -1.32. The second-order valence-corrected chi connectivity index (χ2v) is 9.42. The number of hydrogen-bond acceptors (Lipinski definition) is 6. The number of sulfonamides is 1. The van der Waals surface area contributed by atoms with Gasteiger partial charge in [-0.1, -0.05) is 42.5 Å². The van der Waals surface area contributed by atoms with Crippen molar-refractivity contribution in [3.05, 3.63) is 66.7 Å². The zero-order valence-corrected chi connectivity index (χ0v) is 18.4. The Morgan fingerprint density at radius 1 is 1.06 bits per heavy atom. The van der Waals surface area contributed by atoms with Gasteiger partial charge < -0.3 is 14.4 Å². The van der Waals surface area contributed by atoms with Crippen LogP contribution in [0.15, 0.2) is 71.6 Å². The lowest BCUT2D eigenvalue weighted by molar-refractivity contribution is -0.148. The van der Waals surface area contributed by atoms with Gasteiger partial charge in [-0.3, -0.25) is 4.79 Å². The maximum atomic E-state index is 13.1. The Hall–Kier alpha value is -3.43. The molecule has 1 aliphatic heterocycles. The number of fused-ring (bicyclic) bond motifs is 2. The number of methoxy groups -OCH3 is 1. The highest BCUT2D eigenvalue weighted by atomic mass is 32.2. The molecule has 0 aliphatic carbocycles. The van der Waals surface area contributed by atoms with Gasteiger partial charge in [0.1, 0.15) is 5.75 Å². The maximum Gasteiger partial charge on any atom is 0.348 e. The molecular formula is C23H22N2O6S. The largest absolute Gasteiger partial charge is 0.475 e. The van der Waals surface area contributed by atoms with Crippen molar-refractivity contribution in [3.63, 3.8) is 0 Å². The SMILES string of the molecule is COC(=O)[C@H]1CN(C(=O)CN(C)S(=O)(=O)c2ccc3ccccc3c2)c2ccccc2O1. The molecule has 0 bridgehead atoms. The second kappa shape index (κ2) is 8.60. The van der Waals surface area contributed by atoms with Crippen LogP contribution < -0.4 is 9.64 Å². The highest BCUT2D eigenvalue weighted by Gasteiger charge is 2.35. The van der Waals surface area contributed by atoms with Crippen molar-refractivity contribution < 1.29 is 27.5 Å². The number of hydrogen-bond donors (Lipinski definition) is 0. The van der Waals surface area contributed by atoms with Crippen LogP contribution in [0.1, 0.15) is 0 Å². The van der Waals surface area contributed by atoms with Crippen molar-refractivity contribution in [1.29, 1.82) is 0 Å². The molecule has 1 atom stereocenters. The number of ether oxygens (including phenoxy) is 2. The van der Waals surface area contributed by atoms with E-state index in [2.05, 4.69) is 0 Å². The molecule has 166 valence electrons. The summed E-state index contributed by atoms with van der Waals surface area (Å²) in [4.78, 5) is 26.6. The molecule has 32 heavy (non-hydrogen) atoms. The molecule has 3 aromatic carbocycles. The first kappa shape index (κ1) is 21.8. The van der Waals surface area contributed by atoms with Crippen LogP contribution in [-0.2, 0) is 24.3 Å². The van der Waals surface area contributed by atoms with Gasteiger partial charge in [0, 0.05) is 7.05 Å². The summed E-state index contributed by atoms with van der Waals surface area (Å²) in [6.07, 6.45) is -0.999. The number of nitrogens with zero attached hydrogens (tertiary/aromatic N) is 2. The number of carbonyl (C=O) groups is 2. The van der Waals surface area contributed by atoms with Crippen molar-refractivity contribution >= 4 is 38.4 Å². The quantitative estimate of drug-likeness (QED) is 0.550. The summed E-state index contributed by atoms with van der Waals surface area (Å²) in [6.45, 7) is -0.482. The van der Waals surface area contributed by atoms with Crippen molar-refractivity contribution in [2.24, 2.45) is 0 Å². The van der Waals surface area contributed by atoms with Gasteiger partial charge in [-0.2, -0.15) is 4.31 Å². The molecule has 1 heterocycles. The molecule has 0 fully saturated rings. The van der Waals surface area contributed by atoms with Gasteiger partial charge in [-0.25, -0.2) is 13.2 Å². The van der Waals surface area contributed by atoms with Crippen LogP contribution in [0, 0.1) is 0 Å². The van der Waals surface area contributed by atoms with E-state index in [1.165, 1.54) is 25.1 Å². The summed E-state index contributed by atoms with van der Waals surface area (Å²) < 4.78 is 37.6. The Morgan fingerprint density at radius 3 is 2.50 bits per heavy atom. The predicted molar refractivity (Wildman–Crippen MR) is 119 cm³/mol. The van der Waals surface area contributed by atoms with Gasteiger partial charge >= 0.3 is 5.97 Å². The van der Waals surface area contributed by atoms with E-state index in [9.17, 15) is 18.0 Å². The third-order valence-corrected chi connectivity index (χ3v) is 7.13. The summed E-state index contributed by atoms with van der Waals surface area (Å²) in [5, 5.41) is 1.71. The average Bonchev–Trinajstić information content (AvgIpc) is 2.82. The second-order valence-electron chi connectivity index (χ2n) is 7.37. The summed E-state index contributed by atoms with van der Waals surface area (Å²) in [5.41, 5.74) is 0.467. The van der Waals surface area contributed by atoms with Gasteiger partial charge in [-0.05, 0) is 35.0 Å². The molecule has 1 amide bonds. The first-order valence-corrected chi connectivity index (χ1v) is 11.3. The standard InChI is InChI=1S/C23H22N2O6S/c1-24(32(28,29)18-12-11-16-7-3-4-8-17(16)13-18)15-22(26)25-14-21(23(27)30-2)31-20-10-6-5-9-19(20)25/h3-13,21H,14-15H2,1-2H3/t21-/m1/s1. The third-order valence-electron chi connectivity index (χ3n) is 5.33. The normalized spacial score (nSPS) is 15.8. The number of rotatable bonds is 5. The minimum absolute atomic E-state index is 0.0770. The van der Waals surface area contributed by atoms with Gasteiger partial charge in [0.15, 0.2) is 0 Å². The Morgan fingerprint density at radius 2 is 1.75 bits per heavy atom. The lowest BCUT2D eigenvalue weighted by atomic mass is 10.1. The molecule has 0 spiro atoms. The van der Waals surface area contributed by atoms with Gasteiger partial charge in [0.25, 0.3) is 0 Å². The van der Waals surface area contributed by atoms with E-state index in [4.69, 9.17) is 9.47 Å². The molecule has 0 saturated carbocycles. The fraction of sp³-hybridized carbons (Fsp3) is 0.217. The molecule has 8 nitrogen and oxygen atoms in total. The summed E-state index contributed by atoms with van der Waals surface area (Å²) >= 11 is 0. The van der Waals surface area contributed by atoms with Crippen molar-refractivity contribution in [2.75, 3.05) is 32.1 Å². The molecule has 0 aromatic heterocycles. The van der Waals surface area contributed by atoms with E-state index in [1.54, 1.807) is 36.4 Å². The predicted octanol–water partition coefficient (Wildman–Crippen LogP) is 2.43. The molecule has 3 aromatic rings. The maximum absolute atomic E-state index is 13.1. The topological polar surface area (TPSA) is 93.2 Å². The van der Waals surface area contributed by atoms with E-state index in [-0.39, 0.29) is 11.4 Å². The van der Waals surface area contributed by atoms with E-state index in [1.807, 2.05) is 24.3 Å². The van der Waals surface area contributed by atoms with Crippen molar-refractivity contribution in [1.82, 2.24) is 4.31 Å². The van der Waals surface area contributed by atoms with Crippen LogP contribution in [0.5, 0.6) is 5.75 Å². The lowest BCUT2D eigenvalue weighted by Crippen LogP contribution is -2.50. The fourth-order valence-corrected chi connectivity index (χ4v) is 4.75. The summed E-state index contributed by atoms with van der Waals surface area (Å²) in [5.74, 6) is -0.751. The number of amides is 1. The molecule has 4 rings (SSSR count). The van der Waals surface area contributed by atoms with Crippen LogP contribution in [0.25, 0.3) is 10.8 Å². The van der Waals surface area contributed by atoms with Crippen LogP contribution in [0.2, 0.25) is 0 Å². The number of para-hydroxylation sites is 2. The average molecular weight is 455 g/mol. The van der Waals surface area contributed by atoms with E-state index < -0.39 is 34.5 Å². The zero-order chi connectivity index (χ0) is 22.9. The Kier molecular flexibility index (Phi) is 5.86. The Bertz CT molecular complexity index is 1290. The van der Waals surface area contributed by atoms with E-state index in [0.29, 0.717) is 11.4 Å². The van der Waals surface area contributed by atoms with Gasteiger partial charge in [-0.15, -0.1) is 0 Å². The smallest absolute Gasteiger partial charge is 0.348 e. The fourth-order valence-electron chi connectivity index (χ4n) is 3.59. The number of carbonyl (C=O) groups excluding carboxylic acids is 2. The lowest BCUT2D eigenvalue weighted by Gasteiger charge is -2.34. The minimum atomic E-state index is -3.91. The molecule has 0 unspecified atom stereocenters. The summed E-state index contributed by atoms with van der Waals surface area (Å²) in [6, 6.07) is 19.1. The van der Waals surface area contributed by atoms with Crippen LogP contribution in [0.4, 0.5) is 5.69 Å². The van der Waals surface area contributed by atoms with Gasteiger partial charge in [0.05, 0.1) is 30.8 Å².